The highest BCUT2D eigenvalue weighted by Crippen LogP contribution is 2.28. The van der Waals surface area contributed by atoms with Crippen LogP contribution < -0.4 is 11.1 Å². The minimum absolute atomic E-state index is 0. The Morgan fingerprint density at radius 2 is 2.05 bits per heavy atom. The maximum atomic E-state index is 12.0. The number of amides is 1. The number of rotatable bonds is 4. The van der Waals surface area contributed by atoms with Crippen molar-refractivity contribution in [2.24, 2.45) is 5.73 Å². The van der Waals surface area contributed by atoms with Gasteiger partial charge in [0.2, 0.25) is 0 Å². The van der Waals surface area contributed by atoms with Gasteiger partial charge >= 0.3 is 0 Å². The summed E-state index contributed by atoms with van der Waals surface area (Å²) in [5.74, 6) is 0.263. The normalized spacial score (nSPS) is 15.5. The molecule has 1 aromatic carbocycles. The van der Waals surface area contributed by atoms with Gasteiger partial charge in [-0.05, 0) is 43.5 Å². The molecule has 0 saturated heterocycles. The van der Waals surface area contributed by atoms with E-state index in [1.807, 2.05) is 12.1 Å². The van der Waals surface area contributed by atoms with E-state index in [-0.39, 0.29) is 29.5 Å². The van der Waals surface area contributed by atoms with Crippen LogP contribution in [0.2, 0.25) is 5.02 Å². The Kier molecular flexibility index (Phi) is 5.11. The minimum Gasteiger partial charge on any atom is -0.355 e. The number of nitrogens with one attached hydrogen (secondary N) is 1. The van der Waals surface area contributed by atoms with E-state index < -0.39 is 0 Å². The van der Waals surface area contributed by atoms with E-state index in [2.05, 4.69) is 10.5 Å². The third-order valence-corrected chi connectivity index (χ3v) is 4.07. The van der Waals surface area contributed by atoms with Crippen LogP contribution in [0.1, 0.15) is 29.8 Å². The fourth-order valence-corrected chi connectivity index (χ4v) is 2.41. The first-order valence-corrected chi connectivity index (χ1v) is 7.23. The summed E-state index contributed by atoms with van der Waals surface area (Å²) in [4.78, 5) is 12.0. The van der Waals surface area contributed by atoms with E-state index in [9.17, 15) is 4.79 Å². The molecule has 22 heavy (non-hydrogen) atoms. The molecule has 1 fully saturated rings. The van der Waals surface area contributed by atoms with Gasteiger partial charge < -0.3 is 15.6 Å². The predicted molar refractivity (Wildman–Crippen MR) is 87.3 cm³/mol. The lowest BCUT2D eigenvalue weighted by molar-refractivity contribution is 0.0921. The van der Waals surface area contributed by atoms with Crippen LogP contribution in [0.4, 0.5) is 0 Å². The Balaban J connectivity index is 0.00000176. The van der Waals surface area contributed by atoms with Crippen LogP contribution in [0, 0.1) is 0 Å². The molecule has 3 rings (SSSR count). The van der Waals surface area contributed by atoms with E-state index in [0.717, 1.165) is 24.8 Å². The lowest BCUT2D eigenvalue weighted by Gasteiger charge is -2.37. The van der Waals surface area contributed by atoms with Crippen molar-refractivity contribution >= 4 is 29.9 Å². The van der Waals surface area contributed by atoms with Gasteiger partial charge in [0.05, 0.1) is 0 Å². The number of carbonyl (C=O) groups excluding carboxylic acids is 1. The zero-order valence-corrected chi connectivity index (χ0v) is 13.4. The standard InChI is InChI=1S/C15H16ClN3O2.ClH/c16-11-4-2-10(3-5-11)13-8-12(19-21-13)14(20)18-9-15(17)6-1-7-15;/h2-5,8H,1,6-7,9,17H2,(H,18,20);1H. The van der Waals surface area contributed by atoms with Gasteiger partial charge in [0, 0.05) is 28.7 Å². The van der Waals surface area contributed by atoms with Crippen molar-refractivity contribution < 1.29 is 9.32 Å². The van der Waals surface area contributed by atoms with E-state index in [4.69, 9.17) is 21.9 Å². The zero-order valence-electron chi connectivity index (χ0n) is 11.8. The molecule has 1 aliphatic rings. The molecule has 7 heteroatoms. The SMILES string of the molecule is Cl.NC1(CNC(=O)c2cc(-c3ccc(Cl)cc3)on2)CCC1. The molecule has 118 valence electrons. The first-order valence-electron chi connectivity index (χ1n) is 6.86. The molecule has 1 saturated carbocycles. The van der Waals surface area contributed by atoms with E-state index >= 15 is 0 Å². The third kappa shape index (κ3) is 3.61. The van der Waals surface area contributed by atoms with Gasteiger partial charge in [-0.2, -0.15) is 0 Å². The Morgan fingerprint density at radius 3 is 2.64 bits per heavy atom. The van der Waals surface area contributed by atoms with Crippen LogP contribution >= 0.6 is 24.0 Å². The van der Waals surface area contributed by atoms with Gasteiger partial charge in [0.15, 0.2) is 11.5 Å². The zero-order chi connectivity index (χ0) is 14.9. The van der Waals surface area contributed by atoms with Gasteiger partial charge in [-0.15, -0.1) is 12.4 Å². The molecular weight excluding hydrogens is 325 g/mol. The predicted octanol–water partition coefficient (Wildman–Crippen LogP) is 3.03. The Morgan fingerprint density at radius 1 is 1.36 bits per heavy atom. The van der Waals surface area contributed by atoms with E-state index in [1.165, 1.54) is 0 Å². The molecule has 0 radical (unpaired) electrons. The van der Waals surface area contributed by atoms with E-state index in [1.54, 1.807) is 18.2 Å². The first-order chi connectivity index (χ1) is 10.1. The Hall–Kier alpha value is -1.56. The molecule has 0 unspecified atom stereocenters. The average molecular weight is 342 g/mol. The van der Waals surface area contributed by atoms with Gasteiger partial charge in [0.1, 0.15) is 0 Å². The molecule has 5 nitrogen and oxygen atoms in total. The number of hydrogen-bond acceptors (Lipinski definition) is 4. The highest BCUT2D eigenvalue weighted by atomic mass is 35.5. The number of halogens is 2. The van der Waals surface area contributed by atoms with Crippen LogP contribution in [-0.4, -0.2) is 23.1 Å². The first kappa shape index (κ1) is 16.8. The summed E-state index contributed by atoms with van der Waals surface area (Å²) in [5.41, 5.74) is 6.89. The van der Waals surface area contributed by atoms with Gasteiger partial charge in [0.25, 0.3) is 5.91 Å². The third-order valence-electron chi connectivity index (χ3n) is 3.82. The smallest absolute Gasteiger partial charge is 0.273 e. The average Bonchev–Trinajstić information content (AvgIpc) is 2.93. The molecule has 1 amide bonds. The molecule has 0 bridgehead atoms. The number of hydrogen-bond donors (Lipinski definition) is 2. The monoisotopic (exact) mass is 341 g/mol. The summed E-state index contributed by atoms with van der Waals surface area (Å²) >= 11 is 5.84. The van der Waals surface area contributed by atoms with Crippen LogP contribution in [-0.2, 0) is 0 Å². The van der Waals surface area contributed by atoms with Crippen molar-refractivity contribution in [3.05, 3.63) is 41.0 Å². The summed E-state index contributed by atoms with van der Waals surface area (Å²) in [7, 11) is 0. The second-order valence-electron chi connectivity index (χ2n) is 5.48. The number of nitrogens with zero attached hydrogens (tertiary/aromatic N) is 1. The Labute approximate surface area is 139 Å². The largest absolute Gasteiger partial charge is 0.355 e. The molecule has 1 heterocycles. The summed E-state index contributed by atoms with van der Waals surface area (Å²) in [6.45, 7) is 0.467. The molecule has 0 aliphatic heterocycles. The fourth-order valence-electron chi connectivity index (χ4n) is 2.29. The van der Waals surface area contributed by atoms with Gasteiger partial charge in [-0.25, -0.2) is 0 Å². The van der Waals surface area contributed by atoms with Crippen molar-refractivity contribution in [2.75, 3.05) is 6.54 Å². The highest BCUT2D eigenvalue weighted by molar-refractivity contribution is 6.30. The lowest BCUT2D eigenvalue weighted by Crippen LogP contribution is -2.54. The summed E-state index contributed by atoms with van der Waals surface area (Å²) < 4.78 is 5.20. The summed E-state index contributed by atoms with van der Waals surface area (Å²) in [6.07, 6.45) is 3.02. The van der Waals surface area contributed by atoms with Crippen molar-refractivity contribution in [2.45, 2.75) is 24.8 Å². The summed E-state index contributed by atoms with van der Waals surface area (Å²) in [5, 5.41) is 7.25. The van der Waals surface area contributed by atoms with Gasteiger partial charge in [-0.3, -0.25) is 4.79 Å². The number of carbonyl (C=O) groups is 1. The molecule has 0 spiro atoms. The number of nitrogens with two attached hydrogens (primary N) is 1. The van der Waals surface area contributed by atoms with Gasteiger partial charge in [-0.1, -0.05) is 16.8 Å². The number of aromatic nitrogens is 1. The highest BCUT2D eigenvalue weighted by Gasteiger charge is 2.32. The Bertz CT molecular complexity index is 651. The van der Waals surface area contributed by atoms with Crippen molar-refractivity contribution in [1.82, 2.24) is 10.5 Å². The molecule has 1 aliphatic carbocycles. The quantitative estimate of drug-likeness (QED) is 0.895. The second kappa shape index (κ2) is 6.69. The molecule has 3 N–H and O–H groups in total. The van der Waals surface area contributed by atoms with Crippen LogP contribution in [0.25, 0.3) is 11.3 Å². The minimum atomic E-state index is -0.268. The van der Waals surface area contributed by atoms with Crippen molar-refractivity contribution in [1.29, 1.82) is 0 Å². The van der Waals surface area contributed by atoms with Crippen LogP contribution in [0.15, 0.2) is 34.9 Å². The van der Waals surface area contributed by atoms with E-state index in [0.29, 0.717) is 17.3 Å². The van der Waals surface area contributed by atoms with Crippen molar-refractivity contribution in [3.63, 3.8) is 0 Å². The van der Waals surface area contributed by atoms with Crippen LogP contribution in [0.3, 0.4) is 0 Å². The van der Waals surface area contributed by atoms with Crippen LogP contribution in [0.5, 0.6) is 0 Å². The summed E-state index contributed by atoms with van der Waals surface area (Å²) in [6, 6.07) is 8.76. The molecule has 1 aromatic heterocycles. The van der Waals surface area contributed by atoms with Crippen molar-refractivity contribution in [3.8, 4) is 11.3 Å². The topological polar surface area (TPSA) is 81.1 Å². The second-order valence-corrected chi connectivity index (χ2v) is 5.92. The molecule has 0 atom stereocenters. The number of benzene rings is 1. The maximum Gasteiger partial charge on any atom is 0.273 e. The maximum absolute atomic E-state index is 12.0. The molecular formula is C15H17Cl2N3O2. The lowest BCUT2D eigenvalue weighted by atomic mass is 9.78. The molecule has 2 aromatic rings. The fraction of sp³-hybridized carbons (Fsp3) is 0.333.